The van der Waals surface area contributed by atoms with Gasteiger partial charge in [0.25, 0.3) is 0 Å². The van der Waals surface area contributed by atoms with E-state index in [1.807, 2.05) is 6.07 Å². The standard InChI is InChI=1S/C12H9ClF2N4/c13-9-2-1-8(6-16)5-10(9)18-7-11-17-3-4-19(11)12(14)15/h1-5,12,18H,7H2. The molecular weight excluding hydrogens is 274 g/mol. The Morgan fingerprint density at radius 3 is 2.95 bits per heavy atom. The van der Waals surface area contributed by atoms with E-state index in [1.54, 1.807) is 18.2 Å². The van der Waals surface area contributed by atoms with Crippen molar-refractivity contribution >= 4 is 17.3 Å². The molecule has 98 valence electrons. The molecule has 0 fully saturated rings. The zero-order valence-corrected chi connectivity index (χ0v) is 10.4. The predicted octanol–water partition coefficient (Wildman–Crippen LogP) is 3.42. The first-order valence-corrected chi connectivity index (χ1v) is 5.73. The second-order valence-electron chi connectivity index (χ2n) is 3.69. The van der Waals surface area contributed by atoms with E-state index in [2.05, 4.69) is 10.3 Å². The Bertz CT molecular complexity index is 618. The minimum Gasteiger partial charge on any atom is -0.377 e. The number of rotatable bonds is 4. The van der Waals surface area contributed by atoms with Gasteiger partial charge in [0, 0.05) is 12.4 Å². The van der Waals surface area contributed by atoms with Crippen LogP contribution < -0.4 is 5.32 Å². The van der Waals surface area contributed by atoms with Crippen molar-refractivity contribution in [1.82, 2.24) is 9.55 Å². The number of hydrogen-bond acceptors (Lipinski definition) is 3. The maximum Gasteiger partial charge on any atom is 0.319 e. The van der Waals surface area contributed by atoms with E-state index in [9.17, 15) is 8.78 Å². The smallest absolute Gasteiger partial charge is 0.319 e. The molecule has 7 heteroatoms. The molecule has 1 aromatic carbocycles. The van der Waals surface area contributed by atoms with Crippen LogP contribution in [0.15, 0.2) is 30.6 Å². The summed E-state index contributed by atoms with van der Waals surface area (Å²) in [5.74, 6) is 0.188. The monoisotopic (exact) mass is 282 g/mol. The van der Waals surface area contributed by atoms with Crippen LogP contribution in [-0.2, 0) is 6.54 Å². The lowest BCUT2D eigenvalue weighted by Crippen LogP contribution is -2.09. The number of halogens is 3. The van der Waals surface area contributed by atoms with Crippen molar-refractivity contribution in [2.24, 2.45) is 0 Å². The highest BCUT2D eigenvalue weighted by Gasteiger charge is 2.11. The van der Waals surface area contributed by atoms with Crippen molar-refractivity contribution < 1.29 is 8.78 Å². The molecule has 1 aromatic heterocycles. The normalized spacial score (nSPS) is 10.5. The molecule has 0 aliphatic heterocycles. The highest BCUT2D eigenvalue weighted by Crippen LogP contribution is 2.23. The fraction of sp³-hybridized carbons (Fsp3) is 0.167. The molecule has 2 rings (SSSR count). The van der Waals surface area contributed by atoms with E-state index < -0.39 is 6.55 Å². The molecule has 0 saturated carbocycles. The molecule has 0 unspecified atom stereocenters. The summed E-state index contributed by atoms with van der Waals surface area (Å²) in [6.07, 6.45) is 2.51. The Morgan fingerprint density at radius 2 is 2.26 bits per heavy atom. The molecule has 19 heavy (non-hydrogen) atoms. The molecule has 0 spiro atoms. The number of nitrogens with zero attached hydrogens (tertiary/aromatic N) is 3. The molecule has 4 nitrogen and oxygen atoms in total. The zero-order valence-electron chi connectivity index (χ0n) is 9.65. The number of anilines is 1. The molecule has 1 heterocycles. The number of aromatic nitrogens is 2. The Morgan fingerprint density at radius 1 is 1.47 bits per heavy atom. The molecular formula is C12H9ClF2N4. The van der Waals surface area contributed by atoms with Gasteiger partial charge in [-0.05, 0) is 18.2 Å². The average molecular weight is 283 g/mol. The van der Waals surface area contributed by atoms with Gasteiger partial charge in [0.15, 0.2) is 0 Å². The fourth-order valence-electron chi connectivity index (χ4n) is 1.56. The first kappa shape index (κ1) is 13.3. The number of benzene rings is 1. The molecule has 0 atom stereocenters. The van der Waals surface area contributed by atoms with Crippen LogP contribution in [0.25, 0.3) is 0 Å². The fourth-order valence-corrected chi connectivity index (χ4v) is 1.75. The first-order chi connectivity index (χ1) is 9.11. The highest BCUT2D eigenvalue weighted by atomic mass is 35.5. The van der Waals surface area contributed by atoms with Crippen molar-refractivity contribution in [3.05, 3.63) is 47.0 Å². The van der Waals surface area contributed by atoms with E-state index in [0.29, 0.717) is 16.3 Å². The lowest BCUT2D eigenvalue weighted by molar-refractivity contribution is 0.0673. The molecule has 1 N–H and O–H groups in total. The van der Waals surface area contributed by atoms with Crippen LogP contribution >= 0.6 is 11.6 Å². The van der Waals surface area contributed by atoms with Gasteiger partial charge in [-0.15, -0.1) is 0 Å². The van der Waals surface area contributed by atoms with Crippen molar-refractivity contribution in [3.63, 3.8) is 0 Å². The van der Waals surface area contributed by atoms with Crippen LogP contribution in [0.5, 0.6) is 0 Å². The summed E-state index contributed by atoms with van der Waals surface area (Å²) < 4.78 is 26.0. The highest BCUT2D eigenvalue weighted by molar-refractivity contribution is 6.33. The third-order valence-electron chi connectivity index (χ3n) is 2.49. The topological polar surface area (TPSA) is 53.6 Å². The summed E-state index contributed by atoms with van der Waals surface area (Å²) >= 11 is 5.95. The summed E-state index contributed by atoms with van der Waals surface area (Å²) in [6.45, 7) is -2.55. The van der Waals surface area contributed by atoms with Gasteiger partial charge in [-0.1, -0.05) is 11.6 Å². The minimum atomic E-state index is -2.64. The van der Waals surface area contributed by atoms with Gasteiger partial charge >= 0.3 is 6.55 Å². The van der Waals surface area contributed by atoms with Gasteiger partial charge in [-0.25, -0.2) is 4.98 Å². The Kier molecular flexibility index (Phi) is 3.97. The van der Waals surface area contributed by atoms with Crippen LogP contribution in [0.1, 0.15) is 17.9 Å². The Labute approximate surface area is 113 Å². The number of alkyl halides is 2. The number of hydrogen-bond donors (Lipinski definition) is 1. The second kappa shape index (κ2) is 5.67. The Balaban J connectivity index is 2.15. The summed E-state index contributed by atoms with van der Waals surface area (Å²) in [4.78, 5) is 3.84. The lowest BCUT2D eigenvalue weighted by Gasteiger charge is -2.10. The molecule has 2 aromatic rings. The minimum absolute atomic E-state index is 0.0892. The van der Waals surface area contributed by atoms with Crippen molar-refractivity contribution in [2.75, 3.05) is 5.32 Å². The molecule has 0 aliphatic carbocycles. The maximum atomic E-state index is 12.6. The van der Waals surface area contributed by atoms with Gasteiger partial charge in [-0.3, -0.25) is 4.57 Å². The number of nitriles is 1. The van der Waals surface area contributed by atoms with Gasteiger partial charge < -0.3 is 5.32 Å². The third-order valence-corrected chi connectivity index (χ3v) is 2.82. The summed E-state index contributed by atoms with van der Waals surface area (Å²) in [6, 6.07) is 6.68. The van der Waals surface area contributed by atoms with E-state index in [-0.39, 0.29) is 12.4 Å². The van der Waals surface area contributed by atoms with Gasteiger partial charge in [-0.2, -0.15) is 14.0 Å². The van der Waals surface area contributed by atoms with E-state index in [0.717, 1.165) is 4.57 Å². The predicted molar refractivity (Wildman–Crippen MR) is 67.0 cm³/mol. The van der Waals surface area contributed by atoms with E-state index >= 15 is 0 Å². The van der Waals surface area contributed by atoms with Crippen LogP contribution in [0, 0.1) is 11.3 Å². The van der Waals surface area contributed by atoms with Gasteiger partial charge in [0.1, 0.15) is 5.82 Å². The van der Waals surface area contributed by atoms with Crippen LogP contribution in [0.3, 0.4) is 0 Å². The third kappa shape index (κ3) is 3.01. The molecule has 0 aliphatic rings. The Hall–Kier alpha value is -2.13. The SMILES string of the molecule is N#Cc1ccc(Cl)c(NCc2nccn2C(F)F)c1. The molecule has 0 radical (unpaired) electrons. The van der Waals surface area contributed by atoms with Crippen LogP contribution in [0.4, 0.5) is 14.5 Å². The molecule has 0 saturated heterocycles. The second-order valence-corrected chi connectivity index (χ2v) is 4.10. The zero-order chi connectivity index (χ0) is 13.8. The van der Waals surface area contributed by atoms with Gasteiger partial charge in [0.05, 0.1) is 28.9 Å². The van der Waals surface area contributed by atoms with Crippen molar-refractivity contribution in [1.29, 1.82) is 5.26 Å². The largest absolute Gasteiger partial charge is 0.377 e. The number of imidazole rings is 1. The molecule has 0 amide bonds. The summed E-state index contributed by atoms with van der Waals surface area (Å²) in [7, 11) is 0. The molecule has 0 bridgehead atoms. The van der Waals surface area contributed by atoms with Crippen molar-refractivity contribution in [3.8, 4) is 6.07 Å². The first-order valence-electron chi connectivity index (χ1n) is 5.35. The quantitative estimate of drug-likeness (QED) is 0.935. The van der Waals surface area contributed by atoms with E-state index in [4.69, 9.17) is 16.9 Å². The van der Waals surface area contributed by atoms with Crippen LogP contribution in [0.2, 0.25) is 5.02 Å². The lowest BCUT2D eigenvalue weighted by atomic mass is 10.2. The number of nitrogens with one attached hydrogen (secondary N) is 1. The van der Waals surface area contributed by atoms with Gasteiger partial charge in [0.2, 0.25) is 0 Å². The summed E-state index contributed by atoms with van der Waals surface area (Å²) in [5.41, 5.74) is 0.939. The van der Waals surface area contributed by atoms with E-state index in [1.165, 1.54) is 12.4 Å². The van der Waals surface area contributed by atoms with Crippen LogP contribution in [-0.4, -0.2) is 9.55 Å². The average Bonchev–Trinajstić information content (AvgIpc) is 2.86. The maximum absolute atomic E-state index is 12.6. The summed E-state index contributed by atoms with van der Waals surface area (Å²) in [5, 5.41) is 12.1. The van der Waals surface area contributed by atoms with Crippen molar-refractivity contribution in [2.45, 2.75) is 13.1 Å².